The maximum atomic E-state index is 12.5. The second-order valence-electron chi connectivity index (χ2n) is 5.28. The smallest absolute Gasteiger partial charge is 0.292 e. The van der Waals surface area contributed by atoms with Gasteiger partial charge in [-0.05, 0) is 18.2 Å². The van der Waals surface area contributed by atoms with Gasteiger partial charge in [0.05, 0.1) is 12.1 Å². The average molecular weight is 316 g/mol. The topological polar surface area (TPSA) is 54.0 Å². The van der Waals surface area contributed by atoms with Crippen LogP contribution in [0.2, 0.25) is 5.02 Å². The summed E-state index contributed by atoms with van der Waals surface area (Å²) in [4.78, 5) is 25.9. The molecule has 0 aromatic heterocycles. The molecule has 0 spiro atoms. The molecule has 1 aliphatic heterocycles. The maximum absolute atomic E-state index is 12.5. The number of carbonyl (C=O) groups is 2. The average Bonchev–Trinajstić information content (AvgIpc) is 2.80. The number of hydrogen-bond acceptors (Lipinski definition) is 2. The molecule has 1 saturated heterocycles. The van der Waals surface area contributed by atoms with E-state index in [2.05, 4.69) is 0 Å². The number of carbonyl (C=O) groups excluding carboxylic acids is 2. The third-order valence-corrected chi connectivity index (χ3v) is 3.96. The van der Waals surface area contributed by atoms with E-state index in [9.17, 15) is 9.59 Å². The highest BCUT2D eigenvalue weighted by Crippen LogP contribution is 2.24. The van der Waals surface area contributed by atoms with Crippen LogP contribution < -0.4 is 10.2 Å². The first kappa shape index (κ1) is 14.8. The fourth-order valence-electron chi connectivity index (χ4n) is 2.62. The molecule has 0 bridgehead atoms. The van der Waals surface area contributed by atoms with E-state index in [4.69, 9.17) is 11.6 Å². The Morgan fingerprint density at radius 2 is 1.86 bits per heavy atom. The minimum Gasteiger partial charge on any atom is -0.332 e. The molecule has 5 heteroatoms. The van der Waals surface area contributed by atoms with Gasteiger partial charge in [0, 0.05) is 10.6 Å². The molecule has 1 aliphatic rings. The van der Waals surface area contributed by atoms with Crippen LogP contribution in [0.4, 0.5) is 5.69 Å². The number of amides is 2. The van der Waals surface area contributed by atoms with E-state index in [0.717, 1.165) is 5.56 Å². The molecule has 2 N–H and O–H groups in total. The monoisotopic (exact) mass is 315 g/mol. The van der Waals surface area contributed by atoms with Crippen molar-refractivity contribution < 1.29 is 14.9 Å². The Morgan fingerprint density at radius 3 is 2.59 bits per heavy atom. The van der Waals surface area contributed by atoms with E-state index >= 15 is 0 Å². The van der Waals surface area contributed by atoms with Gasteiger partial charge in [-0.3, -0.25) is 9.59 Å². The van der Waals surface area contributed by atoms with Crippen molar-refractivity contribution in [3.8, 4) is 0 Å². The largest absolute Gasteiger partial charge is 0.332 e. The van der Waals surface area contributed by atoms with Crippen LogP contribution in [0, 0.1) is 0 Å². The predicted molar refractivity (Wildman–Crippen MR) is 84.4 cm³/mol. The van der Waals surface area contributed by atoms with Crippen LogP contribution in [-0.4, -0.2) is 17.9 Å². The second kappa shape index (κ2) is 6.30. The summed E-state index contributed by atoms with van der Waals surface area (Å²) in [5.41, 5.74) is 1.67. The van der Waals surface area contributed by atoms with Gasteiger partial charge in [-0.15, -0.1) is 0 Å². The fourth-order valence-corrected chi connectivity index (χ4v) is 2.80. The van der Waals surface area contributed by atoms with Crippen molar-refractivity contribution in [2.75, 3.05) is 4.90 Å². The van der Waals surface area contributed by atoms with Gasteiger partial charge < -0.3 is 5.32 Å². The molecule has 0 aliphatic carbocycles. The lowest BCUT2D eigenvalue weighted by atomic mass is 10.2. The summed E-state index contributed by atoms with van der Waals surface area (Å²) in [7, 11) is 0. The number of halogens is 1. The summed E-state index contributed by atoms with van der Waals surface area (Å²) >= 11 is 5.94. The van der Waals surface area contributed by atoms with E-state index in [-0.39, 0.29) is 24.3 Å². The van der Waals surface area contributed by atoms with Crippen LogP contribution in [0.25, 0.3) is 0 Å². The first-order valence-corrected chi connectivity index (χ1v) is 7.52. The molecule has 0 radical (unpaired) electrons. The van der Waals surface area contributed by atoms with E-state index in [1.807, 2.05) is 35.6 Å². The Labute approximate surface area is 133 Å². The second-order valence-corrected chi connectivity index (χ2v) is 5.72. The Balaban J connectivity index is 1.71. The van der Waals surface area contributed by atoms with Gasteiger partial charge in [0.15, 0.2) is 6.04 Å². The van der Waals surface area contributed by atoms with Crippen molar-refractivity contribution in [2.45, 2.75) is 19.0 Å². The number of anilines is 1. The molecule has 2 aromatic carbocycles. The molecule has 1 heterocycles. The summed E-state index contributed by atoms with van der Waals surface area (Å²) in [5, 5.41) is 2.43. The number of rotatable bonds is 4. The van der Waals surface area contributed by atoms with E-state index < -0.39 is 0 Å². The molecule has 2 amide bonds. The minimum atomic E-state index is -0.369. The molecule has 1 atom stereocenters. The summed E-state index contributed by atoms with van der Waals surface area (Å²) in [6.45, 7) is 0.675. The van der Waals surface area contributed by atoms with E-state index in [1.165, 1.54) is 4.90 Å². The van der Waals surface area contributed by atoms with Crippen LogP contribution in [-0.2, 0) is 16.1 Å². The molecule has 2 aromatic rings. The molecule has 0 saturated carbocycles. The highest BCUT2D eigenvalue weighted by molar-refractivity contribution is 6.31. The Kier molecular flexibility index (Phi) is 4.22. The first-order chi connectivity index (χ1) is 10.6. The third-order valence-electron chi connectivity index (χ3n) is 3.73. The van der Waals surface area contributed by atoms with Gasteiger partial charge in [-0.1, -0.05) is 48.0 Å². The van der Waals surface area contributed by atoms with Gasteiger partial charge in [-0.25, -0.2) is 4.90 Å². The Morgan fingerprint density at radius 1 is 1.09 bits per heavy atom. The number of nitrogens with two attached hydrogens (primary N) is 1. The lowest BCUT2D eigenvalue weighted by Crippen LogP contribution is -2.90. The van der Waals surface area contributed by atoms with E-state index in [1.54, 1.807) is 24.3 Å². The van der Waals surface area contributed by atoms with Crippen molar-refractivity contribution in [1.82, 2.24) is 0 Å². The zero-order valence-corrected chi connectivity index (χ0v) is 12.7. The van der Waals surface area contributed by atoms with Crippen LogP contribution in [0.15, 0.2) is 54.6 Å². The lowest BCUT2D eigenvalue weighted by Gasteiger charge is -2.14. The molecule has 4 nitrogen and oxygen atoms in total. The molecule has 112 valence electrons. The van der Waals surface area contributed by atoms with Crippen LogP contribution in [0.3, 0.4) is 0 Å². The van der Waals surface area contributed by atoms with Crippen LogP contribution >= 0.6 is 11.6 Å². The number of hydrogen-bond donors (Lipinski definition) is 1. The molecule has 0 unspecified atom stereocenters. The normalized spacial score (nSPS) is 18.0. The van der Waals surface area contributed by atoms with Crippen molar-refractivity contribution in [3.05, 3.63) is 65.2 Å². The Bertz CT molecular complexity index is 703. The highest BCUT2D eigenvalue weighted by Gasteiger charge is 2.42. The van der Waals surface area contributed by atoms with Crippen molar-refractivity contribution in [1.29, 1.82) is 0 Å². The minimum absolute atomic E-state index is 0.178. The number of quaternary nitrogens is 1. The highest BCUT2D eigenvalue weighted by atomic mass is 35.5. The summed E-state index contributed by atoms with van der Waals surface area (Å²) < 4.78 is 0. The third kappa shape index (κ3) is 3.03. The maximum Gasteiger partial charge on any atom is 0.292 e. The number of benzene rings is 2. The van der Waals surface area contributed by atoms with E-state index in [0.29, 0.717) is 17.3 Å². The van der Waals surface area contributed by atoms with Crippen LogP contribution in [0.1, 0.15) is 12.0 Å². The molecule has 1 fully saturated rings. The number of imide groups is 1. The predicted octanol–water partition coefficient (Wildman–Crippen LogP) is 1.74. The van der Waals surface area contributed by atoms with Gasteiger partial charge in [-0.2, -0.15) is 0 Å². The van der Waals surface area contributed by atoms with Gasteiger partial charge >= 0.3 is 0 Å². The summed E-state index contributed by atoms with van der Waals surface area (Å²) in [6.07, 6.45) is 0.220. The zero-order valence-electron chi connectivity index (χ0n) is 11.9. The molecule has 3 rings (SSSR count). The van der Waals surface area contributed by atoms with Crippen molar-refractivity contribution in [2.24, 2.45) is 0 Å². The Hall–Kier alpha value is -2.17. The van der Waals surface area contributed by atoms with Crippen molar-refractivity contribution >= 4 is 29.1 Å². The summed E-state index contributed by atoms with van der Waals surface area (Å²) in [5.74, 6) is -0.357. The molecular formula is C17H16ClN2O2+. The first-order valence-electron chi connectivity index (χ1n) is 7.15. The standard InChI is InChI=1S/C17H15ClN2O2/c18-13-7-4-8-14(9-13)20-16(21)10-15(17(20)22)19-11-12-5-2-1-3-6-12/h1-9,15,19H,10-11H2/p+1/t15-/m0/s1. The zero-order chi connectivity index (χ0) is 15.5. The van der Waals surface area contributed by atoms with Crippen molar-refractivity contribution in [3.63, 3.8) is 0 Å². The van der Waals surface area contributed by atoms with Gasteiger partial charge in [0.1, 0.15) is 6.54 Å². The summed E-state index contributed by atoms with van der Waals surface area (Å²) in [6, 6.07) is 16.3. The molecular weight excluding hydrogens is 300 g/mol. The van der Waals surface area contributed by atoms with Gasteiger partial charge in [0.2, 0.25) is 5.91 Å². The van der Waals surface area contributed by atoms with Crippen LogP contribution in [0.5, 0.6) is 0 Å². The molecule has 22 heavy (non-hydrogen) atoms. The quantitative estimate of drug-likeness (QED) is 0.874. The van der Waals surface area contributed by atoms with Gasteiger partial charge in [0.25, 0.3) is 5.91 Å². The number of nitrogens with zero attached hydrogens (tertiary/aromatic N) is 1. The fraction of sp³-hybridized carbons (Fsp3) is 0.176. The SMILES string of the molecule is O=C1C[C@H]([NH2+]Cc2ccccc2)C(=O)N1c1cccc(Cl)c1. The lowest BCUT2D eigenvalue weighted by molar-refractivity contribution is -0.690.